The molecule has 2 heterocycles. The molecule has 0 bridgehead atoms. The normalized spacial score (nSPS) is 24.7. The lowest BCUT2D eigenvalue weighted by Gasteiger charge is -2.23. The lowest BCUT2D eigenvalue weighted by atomic mass is 9.81. The molecule has 1 aliphatic carbocycles. The molecule has 2 atom stereocenters. The number of carbonyl (C=O) groups is 2. The first-order valence-electron chi connectivity index (χ1n) is 8.53. The molecule has 136 valence electrons. The highest BCUT2D eigenvalue weighted by atomic mass is 35.5. The number of tetrazole rings is 1. The molecule has 0 unspecified atom stereocenters. The maximum absolute atomic E-state index is 12.6. The highest BCUT2D eigenvalue weighted by Gasteiger charge is 2.55. The van der Waals surface area contributed by atoms with Crippen molar-refractivity contribution in [2.75, 3.05) is 13.1 Å². The summed E-state index contributed by atoms with van der Waals surface area (Å²) in [6.45, 7) is 0.706. The minimum Gasteiger partial charge on any atom is -0.481 e. The van der Waals surface area contributed by atoms with E-state index in [1.165, 1.54) is 4.80 Å². The molecule has 9 heteroatoms. The third kappa shape index (κ3) is 2.84. The molecule has 1 amide bonds. The fourth-order valence-corrected chi connectivity index (χ4v) is 4.20. The second-order valence-electron chi connectivity index (χ2n) is 6.98. The second kappa shape index (κ2) is 6.35. The molecular weight excluding hydrogens is 358 g/mol. The van der Waals surface area contributed by atoms with Crippen molar-refractivity contribution in [3.05, 3.63) is 29.3 Å². The lowest BCUT2D eigenvalue weighted by Crippen LogP contribution is -2.38. The predicted molar refractivity (Wildman–Crippen MR) is 92.3 cm³/mol. The lowest BCUT2D eigenvalue weighted by molar-refractivity contribution is -0.149. The van der Waals surface area contributed by atoms with E-state index in [9.17, 15) is 14.7 Å². The van der Waals surface area contributed by atoms with Crippen molar-refractivity contribution in [3.8, 4) is 11.4 Å². The summed E-state index contributed by atoms with van der Waals surface area (Å²) in [4.78, 5) is 27.2. The smallest absolute Gasteiger partial charge is 0.311 e. The Bertz CT molecular complexity index is 852. The number of aliphatic carboxylic acids is 1. The summed E-state index contributed by atoms with van der Waals surface area (Å²) in [5.74, 6) is -0.522. The van der Waals surface area contributed by atoms with Crippen LogP contribution in [0, 0.1) is 11.3 Å². The number of carbonyl (C=O) groups excluding carboxylic acids is 1. The maximum Gasteiger partial charge on any atom is 0.311 e. The van der Waals surface area contributed by atoms with Crippen LogP contribution in [-0.2, 0) is 16.1 Å². The number of aromatic nitrogens is 4. The van der Waals surface area contributed by atoms with E-state index in [4.69, 9.17) is 11.6 Å². The Morgan fingerprint density at radius 1 is 1.31 bits per heavy atom. The van der Waals surface area contributed by atoms with Gasteiger partial charge in [-0.1, -0.05) is 18.0 Å². The molecule has 8 nitrogen and oxygen atoms in total. The van der Waals surface area contributed by atoms with Crippen LogP contribution in [0.3, 0.4) is 0 Å². The van der Waals surface area contributed by atoms with Gasteiger partial charge in [0.2, 0.25) is 11.7 Å². The van der Waals surface area contributed by atoms with Gasteiger partial charge in [-0.15, -0.1) is 10.2 Å². The number of rotatable bonds is 4. The first-order valence-corrected chi connectivity index (χ1v) is 8.91. The van der Waals surface area contributed by atoms with Gasteiger partial charge in [-0.05, 0) is 48.2 Å². The number of carboxylic acids is 1. The number of nitrogens with zero attached hydrogens (tertiary/aromatic N) is 5. The van der Waals surface area contributed by atoms with Crippen LogP contribution >= 0.6 is 11.6 Å². The molecule has 1 aliphatic heterocycles. The first kappa shape index (κ1) is 17.0. The zero-order chi connectivity index (χ0) is 18.3. The molecule has 0 radical (unpaired) electrons. The van der Waals surface area contributed by atoms with Crippen molar-refractivity contribution >= 4 is 23.5 Å². The van der Waals surface area contributed by atoms with E-state index >= 15 is 0 Å². The van der Waals surface area contributed by atoms with Crippen molar-refractivity contribution in [1.29, 1.82) is 0 Å². The van der Waals surface area contributed by atoms with Crippen LogP contribution in [-0.4, -0.2) is 55.2 Å². The fourth-order valence-electron chi connectivity index (χ4n) is 4.07. The Labute approximate surface area is 154 Å². The van der Waals surface area contributed by atoms with Gasteiger partial charge < -0.3 is 10.0 Å². The summed E-state index contributed by atoms with van der Waals surface area (Å²) in [5, 5.41) is 22.4. The zero-order valence-corrected chi connectivity index (χ0v) is 14.8. The third-order valence-corrected chi connectivity index (χ3v) is 5.73. The number of likely N-dealkylation sites (tertiary alicyclic amines) is 1. The summed E-state index contributed by atoms with van der Waals surface area (Å²) in [6, 6.07) is 7.03. The van der Waals surface area contributed by atoms with Gasteiger partial charge in [-0.3, -0.25) is 9.59 Å². The van der Waals surface area contributed by atoms with Crippen molar-refractivity contribution in [2.24, 2.45) is 11.3 Å². The summed E-state index contributed by atoms with van der Waals surface area (Å²) in [7, 11) is 0. The van der Waals surface area contributed by atoms with E-state index in [-0.39, 0.29) is 24.9 Å². The number of hydrogen-bond donors (Lipinski definition) is 1. The van der Waals surface area contributed by atoms with Gasteiger partial charge in [0.1, 0.15) is 6.54 Å². The number of fused-ring (bicyclic) bond motifs is 1. The summed E-state index contributed by atoms with van der Waals surface area (Å²) >= 11 is 5.87. The molecule has 1 aromatic heterocycles. The molecule has 1 aromatic carbocycles. The van der Waals surface area contributed by atoms with E-state index in [0.29, 0.717) is 23.8 Å². The second-order valence-corrected chi connectivity index (χ2v) is 7.41. The molecule has 2 fully saturated rings. The van der Waals surface area contributed by atoms with Gasteiger partial charge in [0, 0.05) is 23.7 Å². The minimum absolute atomic E-state index is 0.0392. The van der Waals surface area contributed by atoms with Crippen LogP contribution in [0.25, 0.3) is 11.4 Å². The summed E-state index contributed by atoms with van der Waals surface area (Å²) < 4.78 is 0. The standard InChI is InChI=1S/C17H18ClN5O3/c18-13-5-3-11(4-6-13)15-19-21-23(20-15)9-14(24)22-8-12-2-1-7-17(12,10-22)16(25)26/h3-6,12H,1-2,7-10H2,(H,25,26)/t12-,17+/m0/s1. The van der Waals surface area contributed by atoms with Gasteiger partial charge >= 0.3 is 5.97 Å². The minimum atomic E-state index is -0.792. The summed E-state index contributed by atoms with van der Waals surface area (Å²) in [5.41, 5.74) is -0.0199. The predicted octanol–water partition coefficient (Wildman–Crippen LogP) is 1.71. The molecule has 1 saturated carbocycles. The van der Waals surface area contributed by atoms with Crippen molar-refractivity contribution in [3.63, 3.8) is 0 Å². The van der Waals surface area contributed by atoms with Crippen LogP contribution < -0.4 is 0 Å². The van der Waals surface area contributed by atoms with Gasteiger partial charge in [0.25, 0.3) is 0 Å². The Hall–Kier alpha value is -2.48. The van der Waals surface area contributed by atoms with Crippen LogP contribution in [0.15, 0.2) is 24.3 Å². The first-order chi connectivity index (χ1) is 12.5. The van der Waals surface area contributed by atoms with Crippen LogP contribution in [0.5, 0.6) is 0 Å². The number of benzene rings is 1. The number of halogens is 1. The van der Waals surface area contributed by atoms with Crippen LogP contribution in [0.4, 0.5) is 0 Å². The Morgan fingerprint density at radius 2 is 2.08 bits per heavy atom. The van der Waals surface area contributed by atoms with Crippen molar-refractivity contribution in [1.82, 2.24) is 25.1 Å². The number of carboxylic acid groups (broad SMARTS) is 1. The van der Waals surface area contributed by atoms with Crippen molar-refractivity contribution < 1.29 is 14.7 Å². The van der Waals surface area contributed by atoms with Crippen LogP contribution in [0.1, 0.15) is 19.3 Å². The molecule has 1 saturated heterocycles. The quantitative estimate of drug-likeness (QED) is 0.872. The maximum atomic E-state index is 12.6. The van der Waals surface area contributed by atoms with Gasteiger partial charge in [-0.25, -0.2) is 0 Å². The zero-order valence-electron chi connectivity index (χ0n) is 14.0. The monoisotopic (exact) mass is 375 g/mol. The highest BCUT2D eigenvalue weighted by Crippen LogP contribution is 2.48. The van der Waals surface area contributed by atoms with Gasteiger partial charge in [0.15, 0.2) is 0 Å². The fraction of sp³-hybridized carbons (Fsp3) is 0.471. The molecular formula is C17H18ClN5O3. The van der Waals surface area contributed by atoms with E-state index < -0.39 is 11.4 Å². The van der Waals surface area contributed by atoms with E-state index in [0.717, 1.165) is 18.4 Å². The van der Waals surface area contributed by atoms with Gasteiger partial charge in [-0.2, -0.15) is 4.80 Å². The highest BCUT2D eigenvalue weighted by molar-refractivity contribution is 6.30. The van der Waals surface area contributed by atoms with Crippen molar-refractivity contribution in [2.45, 2.75) is 25.8 Å². The Balaban J connectivity index is 1.45. The molecule has 26 heavy (non-hydrogen) atoms. The average molecular weight is 376 g/mol. The Morgan fingerprint density at radius 3 is 2.77 bits per heavy atom. The van der Waals surface area contributed by atoms with Gasteiger partial charge in [0.05, 0.1) is 5.41 Å². The summed E-state index contributed by atoms with van der Waals surface area (Å²) in [6.07, 6.45) is 2.41. The molecule has 2 aliphatic rings. The molecule has 2 aromatic rings. The third-order valence-electron chi connectivity index (χ3n) is 5.48. The Kier molecular flexibility index (Phi) is 4.14. The van der Waals surface area contributed by atoms with E-state index in [2.05, 4.69) is 15.4 Å². The van der Waals surface area contributed by atoms with Crippen LogP contribution in [0.2, 0.25) is 5.02 Å². The SMILES string of the molecule is O=C(Cn1nnc(-c2ccc(Cl)cc2)n1)N1C[C@@H]2CCC[C@@]2(C(=O)O)C1. The number of amides is 1. The topological polar surface area (TPSA) is 101 Å². The molecule has 4 rings (SSSR count). The van der Waals surface area contributed by atoms with E-state index in [1.807, 2.05) is 0 Å². The largest absolute Gasteiger partial charge is 0.481 e. The average Bonchev–Trinajstić information content (AvgIpc) is 3.29. The van der Waals surface area contributed by atoms with E-state index in [1.54, 1.807) is 29.2 Å². The molecule has 0 spiro atoms. The molecule has 1 N–H and O–H groups in total. The number of hydrogen-bond acceptors (Lipinski definition) is 5.